The number of carbonyl (C=O) groups excluding carboxylic acids is 3. The third kappa shape index (κ3) is 7.52. The molecule has 0 aliphatic carbocycles. The molecule has 2 heterocycles. The molecule has 4 atom stereocenters. The SMILES string of the molecule is O=C(O)CC(NC(=O)C(CC(=O)O)NC(=O)C(Cc1c[nH]c2ccccc12)NC(=O)C1CCCN1)C(=O)O. The summed E-state index contributed by atoms with van der Waals surface area (Å²) < 4.78 is 0. The van der Waals surface area contributed by atoms with Crippen LogP contribution in [-0.4, -0.2) is 86.6 Å². The second kappa shape index (κ2) is 12.7. The van der Waals surface area contributed by atoms with E-state index in [4.69, 9.17) is 5.11 Å². The molecule has 1 aliphatic heterocycles. The van der Waals surface area contributed by atoms with Gasteiger partial charge in [0.1, 0.15) is 18.1 Å². The number of aliphatic carboxylic acids is 3. The molecule has 2 aromatic rings. The van der Waals surface area contributed by atoms with Crippen molar-refractivity contribution in [1.29, 1.82) is 0 Å². The summed E-state index contributed by atoms with van der Waals surface area (Å²) >= 11 is 0. The Hall–Kier alpha value is -4.46. The van der Waals surface area contributed by atoms with Gasteiger partial charge in [0.25, 0.3) is 0 Å². The van der Waals surface area contributed by atoms with E-state index in [-0.39, 0.29) is 6.42 Å². The van der Waals surface area contributed by atoms with Crippen LogP contribution in [0.1, 0.15) is 31.2 Å². The minimum Gasteiger partial charge on any atom is -0.481 e. The second-order valence-electron chi connectivity index (χ2n) is 8.93. The molecule has 1 aromatic heterocycles. The van der Waals surface area contributed by atoms with Crippen LogP contribution >= 0.6 is 0 Å². The van der Waals surface area contributed by atoms with Crippen LogP contribution in [0.2, 0.25) is 0 Å². The van der Waals surface area contributed by atoms with E-state index in [1.807, 2.05) is 23.5 Å². The predicted molar refractivity (Wildman–Crippen MR) is 131 cm³/mol. The van der Waals surface area contributed by atoms with E-state index in [1.54, 1.807) is 12.3 Å². The van der Waals surface area contributed by atoms with Crippen LogP contribution in [0.3, 0.4) is 0 Å². The van der Waals surface area contributed by atoms with Crippen molar-refractivity contribution in [3.63, 3.8) is 0 Å². The Bertz CT molecular complexity index is 1220. The fraction of sp³-hybridized carbons (Fsp3) is 0.417. The standard InChI is InChI=1S/C24H29N5O9/c30-19(31)9-17(23(36)29-18(24(37)38)10-20(32)33)28-22(35)16(27-21(34)15-6-3-7-25-15)8-12-11-26-14-5-2-1-4-13(12)14/h1-2,4-5,11,15-18,25-26H,3,6-10H2,(H,27,34)(H,28,35)(H,29,36)(H,30,31)(H,32,33)(H,37,38). The number of amides is 3. The Labute approximate surface area is 216 Å². The molecule has 4 unspecified atom stereocenters. The Balaban J connectivity index is 1.82. The lowest BCUT2D eigenvalue weighted by molar-refractivity contribution is -0.148. The normalized spacial score (nSPS) is 17.2. The number of carboxylic acid groups (broad SMARTS) is 3. The van der Waals surface area contributed by atoms with Crippen LogP contribution in [0.5, 0.6) is 0 Å². The lowest BCUT2D eigenvalue weighted by Crippen LogP contribution is -2.58. The molecular formula is C24H29N5O9. The molecule has 38 heavy (non-hydrogen) atoms. The molecule has 14 heteroatoms. The molecule has 1 saturated heterocycles. The summed E-state index contributed by atoms with van der Waals surface area (Å²) in [5, 5.41) is 38.1. The Morgan fingerprint density at radius 2 is 1.50 bits per heavy atom. The first-order valence-electron chi connectivity index (χ1n) is 11.9. The maximum Gasteiger partial charge on any atom is 0.326 e. The van der Waals surface area contributed by atoms with Gasteiger partial charge in [-0.2, -0.15) is 0 Å². The zero-order chi connectivity index (χ0) is 27.8. The molecule has 0 spiro atoms. The van der Waals surface area contributed by atoms with Gasteiger partial charge < -0.3 is 41.6 Å². The van der Waals surface area contributed by atoms with E-state index in [9.17, 15) is 39.0 Å². The Morgan fingerprint density at radius 1 is 0.868 bits per heavy atom. The zero-order valence-electron chi connectivity index (χ0n) is 20.2. The molecule has 8 N–H and O–H groups in total. The molecule has 0 bridgehead atoms. The topological polar surface area (TPSA) is 227 Å². The van der Waals surface area contributed by atoms with Gasteiger partial charge in [-0.25, -0.2) is 4.79 Å². The number of benzene rings is 1. The van der Waals surface area contributed by atoms with Crippen molar-refractivity contribution in [2.75, 3.05) is 6.54 Å². The average molecular weight is 532 g/mol. The van der Waals surface area contributed by atoms with E-state index >= 15 is 0 Å². The first-order chi connectivity index (χ1) is 18.0. The first-order valence-corrected chi connectivity index (χ1v) is 11.9. The van der Waals surface area contributed by atoms with Crippen LogP contribution in [0.4, 0.5) is 0 Å². The van der Waals surface area contributed by atoms with Crippen LogP contribution < -0.4 is 21.3 Å². The highest BCUT2D eigenvalue weighted by Gasteiger charge is 2.33. The Morgan fingerprint density at radius 3 is 2.13 bits per heavy atom. The predicted octanol–water partition coefficient (Wildman–Crippen LogP) is -1.05. The summed E-state index contributed by atoms with van der Waals surface area (Å²) in [7, 11) is 0. The summed E-state index contributed by atoms with van der Waals surface area (Å²) in [5.74, 6) is -7.11. The van der Waals surface area contributed by atoms with Gasteiger partial charge in [-0.05, 0) is 31.0 Å². The van der Waals surface area contributed by atoms with Crippen molar-refractivity contribution in [2.24, 2.45) is 0 Å². The van der Waals surface area contributed by atoms with Gasteiger partial charge in [-0.15, -0.1) is 0 Å². The number of fused-ring (bicyclic) bond motifs is 1. The number of hydrogen-bond acceptors (Lipinski definition) is 7. The van der Waals surface area contributed by atoms with Crippen LogP contribution in [0.15, 0.2) is 30.5 Å². The summed E-state index contributed by atoms with van der Waals surface area (Å²) in [6.07, 6.45) is 1.16. The van der Waals surface area contributed by atoms with Gasteiger partial charge in [0.15, 0.2) is 0 Å². The summed E-state index contributed by atoms with van der Waals surface area (Å²) in [6, 6.07) is 1.99. The van der Waals surface area contributed by atoms with Gasteiger partial charge >= 0.3 is 17.9 Å². The van der Waals surface area contributed by atoms with Gasteiger partial charge in [0, 0.05) is 23.5 Å². The highest BCUT2D eigenvalue weighted by molar-refractivity contribution is 5.96. The smallest absolute Gasteiger partial charge is 0.326 e. The van der Waals surface area contributed by atoms with Gasteiger partial charge in [-0.3, -0.25) is 24.0 Å². The zero-order valence-corrected chi connectivity index (χ0v) is 20.2. The molecule has 1 aliphatic rings. The fourth-order valence-electron chi connectivity index (χ4n) is 4.21. The number of nitrogens with one attached hydrogen (secondary N) is 5. The van der Waals surface area contributed by atoms with Crippen molar-refractivity contribution in [3.8, 4) is 0 Å². The highest BCUT2D eigenvalue weighted by Crippen LogP contribution is 2.19. The van der Waals surface area contributed by atoms with Crippen LogP contribution in [-0.2, 0) is 35.2 Å². The number of carboxylic acids is 3. The number of rotatable bonds is 13. The van der Waals surface area contributed by atoms with Crippen molar-refractivity contribution in [3.05, 3.63) is 36.0 Å². The molecular weight excluding hydrogens is 502 g/mol. The monoisotopic (exact) mass is 531 g/mol. The summed E-state index contributed by atoms with van der Waals surface area (Å²) in [4.78, 5) is 75.6. The van der Waals surface area contributed by atoms with E-state index in [0.29, 0.717) is 18.5 Å². The van der Waals surface area contributed by atoms with Crippen LogP contribution in [0.25, 0.3) is 10.9 Å². The number of aromatic nitrogens is 1. The second-order valence-corrected chi connectivity index (χ2v) is 8.93. The number of H-pyrrole nitrogens is 1. The highest BCUT2D eigenvalue weighted by atomic mass is 16.4. The third-order valence-electron chi connectivity index (χ3n) is 6.11. The van der Waals surface area contributed by atoms with Crippen LogP contribution in [0, 0.1) is 0 Å². The average Bonchev–Trinajstić information content (AvgIpc) is 3.53. The Kier molecular flexibility index (Phi) is 9.38. The third-order valence-corrected chi connectivity index (χ3v) is 6.11. The number of aromatic amines is 1. The van der Waals surface area contributed by atoms with Gasteiger partial charge in [-0.1, -0.05) is 18.2 Å². The van der Waals surface area contributed by atoms with Crippen molar-refractivity contribution < 1.29 is 44.1 Å². The quantitative estimate of drug-likeness (QED) is 0.156. The summed E-state index contributed by atoms with van der Waals surface area (Å²) in [6.45, 7) is 0.638. The van der Waals surface area contributed by atoms with Gasteiger partial charge in [0.05, 0.1) is 18.9 Å². The lowest BCUT2D eigenvalue weighted by Gasteiger charge is -2.24. The number of para-hydroxylation sites is 1. The maximum absolute atomic E-state index is 13.3. The summed E-state index contributed by atoms with van der Waals surface area (Å²) in [5.41, 5.74) is 1.48. The largest absolute Gasteiger partial charge is 0.481 e. The minimum atomic E-state index is -1.84. The fourth-order valence-corrected chi connectivity index (χ4v) is 4.21. The lowest BCUT2D eigenvalue weighted by atomic mass is 10.0. The van der Waals surface area contributed by atoms with Crippen molar-refractivity contribution in [1.82, 2.24) is 26.3 Å². The molecule has 14 nitrogen and oxygen atoms in total. The molecule has 204 valence electrons. The molecule has 0 saturated carbocycles. The minimum absolute atomic E-state index is 0.00643. The van der Waals surface area contributed by atoms with E-state index in [1.165, 1.54) is 0 Å². The maximum atomic E-state index is 13.3. The molecule has 1 fully saturated rings. The van der Waals surface area contributed by atoms with Crippen molar-refractivity contribution >= 4 is 46.5 Å². The number of carbonyl (C=O) groups is 6. The van der Waals surface area contributed by atoms with E-state index in [0.717, 1.165) is 17.3 Å². The molecule has 0 radical (unpaired) electrons. The van der Waals surface area contributed by atoms with Gasteiger partial charge in [0.2, 0.25) is 17.7 Å². The van der Waals surface area contributed by atoms with Crippen molar-refractivity contribution in [2.45, 2.75) is 56.3 Å². The molecule has 1 aromatic carbocycles. The molecule has 3 rings (SSSR count). The molecule has 3 amide bonds. The van der Waals surface area contributed by atoms with E-state index in [2.05, 4.69) is 20.9 Å². The first kappa shape index (κ1) is 28.1. The number of hydrogen-bond donors (Lipinski definition) is 8. The van der Waals surface area contributed by atoms with E-state index < -0.39 is 72.6 Å².